The molecule has 3 heterocycles. The molecule has 16 rings (SSSR count). The molecule has 2 atom stereocenters. The van der Waals surface area contributed by atoms with Crippen molar-refractivity contribution in [3.63, 3.8) is 0 Å². The van der Waals surface area contributed by atoms with Gasteiger partial charge in [-0.2, -0.15) is 0 Å². The van der Waals surface area contributed by atoms with Gasteiger partial charge in [-0.25, -0.2) is 0 Å². The van der Waals surface area contributed by atoms with Crippen LogP contribution in [0.3, 0.4) is 0 Å². The number of benzene rings is 9. The Balaban J connectivity index is 1.09. The molecule has 91 heavy (non-hydrogen) atoms. The molecular formula is C87H94BN3. The molecule has 0 amide bonds. The molecule has 1 saturated carbocycles. The monoisotopic (exact) mass is 1190 g/mol. The molecular weight excluding hydrogens is 1100 g/mol. The maximum absolute atomic E-state index is 2.88. The lowest BCUT2D eigenvalue weighted by atomic mass is 9.32. The Kier molecular flexibility index (Phi) is 12.1. The Morgan fingerprint density at radius 3 is 1.43 bits per heavy atom. The molecule has 460 valence electrons. The molecule has 0 radical (unpaired) electrons. The SMILES string of the molecule is Cc1cc2c(cc1N1c3cc4c(cc3B3c5cc6c(cc5N(c5ccc(C(C)(C)C)cc5-c5ccccc5)c5cc(N7c8ccc(-c9ccccc9)cc8C8(C)CCCCC78C)cc1c53)C(C)(C)CC6(C)C)C(C)(C)c1ccccc1C4(C)C)C(C)(C)CC2(C)C. The number of hydrogen-bond donors (Lipinski definition) is 0. The highest BCUT2D eigenvalue weighted by molar-refractivity contribution is 7.00. The fraction of sp³-hybridized carbons (Fsp3) is 0.379. The van der Waals surface area contributed by atoms with E-state index in [1.165, 1.54) is 158 Å². The number of hydrogen-bond acceptors (Lipinski definition) is 3. The van der Waals surface area contributed by atoms with Crippen molar-refractivity contribution in [1.82, 2.24) is 0 Å². The van der Waals surface area contributed by atoms with E-state index >= 15 is 0 Å². The fourth-order valence-electron chi connectivity index (χ4n) is 20.4. The number of aryl methyl sites for hydroxylation is 1. The van der Waals surface area contributed by atoms with Crippen LogP contribution in [-0.2, 0) is 43.3 Å². The van der Waals surface area contributed by atoms with E-state index in [2.05, 4.69) is 309 Å². The first-order chi connectivity index (χ1) is 42.9. The van der Waals surface area contributed by atoms with Gasteiger partial charge in [0.25, 0.3) is 6.71 Å². The van der Waals surface area contributed by atoms with Crippen molar-refractivity contribution >= 4 is 68.6 Å². The predicted molar refractivity (Wildman–Crippen MR) is 390 cm³/mol. The molecule has 7 aliphatic rings. The van der Waals surface area contributed by atoms with E-state index in [-0.39, 0.29) is 55.6 Å². The number of anilines is 8. The van der Waals surface area contributed by atoms with Crippen LogP contribution in [0.15, 0.2) is 170 Å². The number of fused-ring (bicyclic) bond motifs is 11. The lowest BCUT2D eigenvalue weighted by molar-refractivity contribution is 0.195. The topological polar surface area (TPSA) is 9.72 Å². The third-order valence-electron chi connectivity index (χ3n) is 24.9. The molecule has 9 aromatic carbocycles. The molecule has 1 fully saturated rings. The van der Waals surface area contributed by atoms with Crippen molar-refractivity contribution < 1.29 is 0 Å². The highest BCUT2D eigenvalue weighted by Crippen LogP contribution is 2.64. The zero-order chi connectivity index (χ0) is 63.9. The molecule has 4 heteroatoms. The van der Waals surface area contributed by atoms with E-state index in [0.29, 0.717) is 0 Å². The molecule has 3 nitrogen and oxygen atoms in total. The smallest absolute Gasteiger partial charge is 0.252 e. The van der Waals surface area contributed by atoms with Crippen LogP contribution in [0.4, 0.5) is 45.5 Å². The molecule has 2 unspecified atom stereocenters. The zero-order valence-electron chi connectivity index (χ0n) is 57.8. The molecule has 0 aromatic heterocycles. The van der Waals surface area contributed by atoms with Gasteiger partial charge in [-0.05, 0) is 215 Å². The van der Waals surface area contributed by atoms with E-state index in [1.54, 1.807) is 0 Å². The second kappa shape index (κ2) is 18.8. The summed E-state index contributed by atoms with van der Waals surface area (Å²) >= 11 is 0. The molecule has 4 aliphatic carbocycles. The lowest BCUT2D eigenvalue weighted by Crippen LogP contribution is -2.62. The van der Waals surface area contributed by atoms with Gasteiger partial charge in [-0.15, -0.1) is 0 Å². The maximum atomic E-state index is 2.88. The molecule has 0 saturated heterocycles. The lowest BCUT2D eigenvalue weighted by Gasteiger charge is -2.51. The first-order valence-corrected chi connectivity index (χ1v) is 34.5. The summed E-state index contributed by atoms with van der Waals surface area (Å²) in [6.45, 7) is 44.7. The summed E-state index contributed by atoms with van der Waals surface area (Å²) in [5.74, 6) is 0. The maximum Gasteiger partial charge on any atom is 0.252 e. The number of rotatable bonds is 5. The van der Waals surface area contributed by atoms with Crippen molar-refractivity contribution in [1.29, 1.82) is 0 Å². The normalized spacial score (nSPS) is 22.4. The average molecular weight is 1190 g/mol. The van der Waals surface area contributed by atoms with Gasteiger partial charge in [0.05, 0.1) is 11.2 Å². The van der Waals surface area contributed by atoms with Crippen LogP contribution in [0.25, 0.3) is 22.3 Å². The van der Waals surface area contributed by atoms with Gasteiger partial charge in [0.2, 0.25) is 0 Å². The summed E-state index contributed by atoms with van der Waals surface area (Å²) in [5, 5.41) is 0. The van der Waals surface area contributed by atoms with Gasteiger partial charge in [0.15, 0.2) is 0 Å². The highest BCUT2D eigenvalue weighted by Gasteiger charge is 2.59. The van der Waals surface area contributed by atoms with Crippen molar-refractivity contribution in [3.05, 3.63) is 231 Å². The van der Waals surface area contributed by atoms with Crippen LogP contribution >= 0.6 is 0 Å². The first kappa shape index (κ1) is 58.5. The third-order valence-corrected chi connectivity index (χ3v) is 24.9. The van der Waals surface area contributed by atoms with Gasteiger partial charge in [-0.3, -0.25) is 0 Å². The van der Waals surface area contributed by atoms with E-state index in [0.717, 1.165) is 25.7 Å². The Morgan fingerprint density at radius 1 is 0.374 bits per heavy atom. The van der Waals surface area contributed by atoms with Gasteiger partial charge in [-0.1, -0.05) is 239 Å². The summed E-state index contributed by atoms with van der Waals surface area (Å²) in [6, 6.07) is 68.5. The van der Waals surface area contributed by atoms with Crippen LogP contribution in [0, 0.1) is 6.92 Å². The molecule has 9 aromatic rings. The zero-order valence-corrected chi connectivity index (χ0v) is 57.8. The fourth-order valence-corrected chi connectivity index (χ4v) is 20.4. The highest BCUT2D eigenvalue weighted by atomic mass is 15.3. The summed E-state index contributed by atoms with van der Waals surface area (Å²) in [7, 11) is 0. The minimum absolute atomic E-state index is 0.0169. The van der Waals surface area contributed by atoms with E-state index in [1.807, 2.05) is 0 Å². The van der Waals surface area contributed by atoms with Crippen LogP contribution in [-0.4, -0.2) is 12.3 Å². The summed E-state index contributed by atoms with van der Waals surface area (Å²) in [4.78, 5) is 8.51. The average Bonchev–Trinajstić information content (AvgIpc) is 1.63. The Hall–Kier alpha value is -7.56. The number of nitrogens with zero attached hydrogens (tertiary/aromatic N) is 3. The summed E-state index contributed by atoms with van der Waals surface area (Å²) < 4.78 is 0. The minimum atomic E-state index is -0.267. The van der Waals surface area contributed by atoms with Crippen LogP contribution in [0.2, 0.25) is 0 Å². The van der Waals surface area contributed by atoms with Crippen LogP contribution in [0.5, 0.6) is 0 Å². The van der Waals surface area contributed by atoms with Gasteiger partial charge in [0, 0.05) is 61.6 Å². The first-order valence-electron chi connectivity index (χ1n) is 34.5. The Bertz CT molecular complexity index is 4580. The summed E-state index contributed by atoms with van der Waals surface area (Å²) in [5.41, 5.74) is 34.4. The molecule has 0 spiro atoms. The summed E-state index contributed by atoms with van der Waals surface area (Å²) in [6.07, 6.45) is 6.85. The largest absolute Gasteiger partial charge is 0.334 e. The molecule has 3 aliphatic heterocycles. The molecule has 0 N–H and O–H groups in total. The quantitative estimate of drug-likeness (QED) is 0.159. The van der Waals surface area contributed by atoms with E-state index < -0.39 is 0 Å². The third kappa shape index (κ3) is 8.05. The second-order valence-corrected chi connectivity index (χ2v) is 34.4. The van der Waals surface area contributed by atoms with E-state index in [9.17, 15) is 0 Å². The van der Waals surface area contributed by atoms with Crippen LogP contribution in [0.1, 0.15) is 217 Å². The minimum Gasteiger partial charge on any atom is -0.334 e. The van der Waals surface area contributed by atoms with Gasteiger partial charge in [0.1, 0.15) is 0 Å². The molecule has 0 bridgehead atoms. The van der Waals surface area contributed by atoms with Crippen molar-refractivity contribution in [2.75, 3.05) is 14.7 Å². The van der Waals surface area contributed by atoms with Crippen LogP contribution < -0.4 is 31.1 Å². The van der Waals surface area contributed by atoms with Crippen molar-refractivity contribution in [2.45, 2.75) is 212 Å². The Labute approximate surface area is 545 Å². The predicted octanol–water partition coefficient (Wildman–Crippen LogP) is 21.3. The second-order valence-electron chi connectivity index (χ2n) is 34.4. The van der Waals surface area contributed by atoms with Gasteiger partial charge < -0.3 is 14.7 Å². The van der Waals surface area contributed by atoms with Crippen molar-refractivity contribution in [2.24, 2.45) is 0 Å². The van der Waals surface area contributed by atoms with E-state index in [4.69, 9.17) is 0 Å². The standard InChI is InChI=1S/C87H94BN3/c1-53-41-62-64(82(9,10)51-80(62,5)6)48-73(53)90-75-50-67-66(84(13,14)60-33-25-26-34-61(60)85(67,15)16)47-70(75)88-69-46-63-65(83(11,12)52-81(63,7)8)49-74(69)89(71-38-36-57(79(2,3)4)43-59(71)55-31-23-20-24-32-55)76-44-58(45-77(90)78(76)88)91-72-37-35-56(54-29-21-19-22-30-54)42-68(72)86(17)39-27-28-40-87(86,91)18/h19-26,29-38,41-50H,27-28,39-40,51-52H2,1-18H3. The van der Waals surface area contributed by atoms with Crippen molar-refractivity contribution in [3.8, 4) is 22.3 Å². The Morgan fingerprint density at radius 2 is 0.846 bits per heavy atom. The van der Waals surface area contributed by atoms with Gasteiger partial charge >= 0.3 is 0 Å².